The predicted molar refractivity (Wildman–Crippen MR) is 130 cm³/mol. The number of hydrogen-bond acceptors (Lipinski definition) is 2. The smallest absolute Gasteiger partial charge is 0.133 e. The minimum atomic E-state index is 0.609. The van der Waals surface area contributed by atoms with E-state index in [0.29, 0.717) is 16.7 Å². The summed E-state index contributed by atoms with van der Waals surface area (Å²) in [5.41, 5.74) is 1.27. The molecule has 3 nitrogen and oxygen atoms in total. The Morgan fingerprint density at radius 3 is 2.53 bits per heavy atom. The van der Waals surface area contributed by atoms with Gasteiger partial charge < -0.3 is 4.98 Å². The van der Waals surface area contributed by atoms with Crippen LogP contribution in [0.5, 0.6) is 0 Å². The number of nitrogens with zero attached hydrogens (tertiary/aromatic N) is 2. The third-order valence-corrected chi connectivity index (χ3v) is 12.0. The molecule has 5 aliphatic carbocycles. The number of aryl methyl sites for hydroxylation is 1. The topological polar surface area (TPSA) is 41.6 Å². The Labute approximate surface area is 196 Å². The summed E-state index contributed by atoms with van der Waals surface area (Å²) in [5.74, 6) is 9.03. The van der Waals surface area contributed by atoms with Gasteiger partial charge in [0.05, 0.1) is 0 Å². The van der Waals surface area contributed by atoms with Crippen LogP contribution in [-0.4, -0.2) is 15.2 Å². The second kappa shape index (κ2) is 8.12. The van der Waals surface area contributed by atoms with Crippen molar-refractivity contribution in [3.63, 3.8) is 0 Å². The van der Waals surface area contributed by atoms with E-state index in [-0.39, 0.29) is 0 Å². The zero-order chi connectivity index (χ0) is 21.9. The molecule has 178 valence electrons. The van der Waals surface area contributed by atoms with Crippen LogP contribution in [0.2, 0.25) is 0 Å². The van der Waals surface area contributed by atoms with Gasteiger partial charge in [-0.05, 0) is 117 Å². The Hall–Kier alpha value is -0.860. The van der Waals surface area contributed by atoms with Crippen LogP contribution < -0.4 is 0 Å². The first-order chi connectivity index (χ1) is 15.5. The summed E-state index contributed by atoms with van der Waals surface area (Å²) >= 11 is 0. The van der Waals surface area contributed by atoms with Crippen molar-refractivity contribution in [2.24, 2.45) is 46.3 Å². The maximum Gasteiger partial charge on any atom is 0.133 e. The molecule has 1 N–H and O–H groups in total. The van der Waals surface area contributed by atoms with Crippen molar-refractivity contribution in [1.29, 1.82) is 0 Å². The Bertz CT molecular complexity index is 811. The van der Waals surface area contributed by atoms with Crippen LogP contribution in [0.1, 0.15) is 128 Å². The lowest BCUT2D eigenvalue weighted by molar-refractivity contribution is -0.135. The monoisotopic (exact) mass is 437 g/mol. The zero-order valence-electron chi connectivity index (χ0n) is 21.0. The first-order valence-corrected chi connectivity index (χ1v) is 14.4. The Morgan fingerprint density at radius 2 is 1.72 bits per heavy atom. The maximum absolute atomic E-state index is 4.45. The minimum absolute atomic E-state index is 0.609. The summed E-state index contributed by atoms with van der Waals surface area (Å²) in [4.78, 5) is 3.52. The summed E-state index contributed by atoms with van der Waals surface area (Å²) in [7, 11) is 0. The molecular formula is C29H47N3. The van der Waals surface area contributed by atoms with E-state index in [1.807, 2.05) is 0 Å². The van der Waals surface area contributed by atoms with Crippen molar-refractivity contribution in [2.45, 2.75) is 123 Å². The van der Waals surface area contributed by atoms with Gasteiger partial charge in [0.2, 0.25) is 0 Å². The van der Waals surface area contributed by atoms with Gasteiger partial charge >= 0.3 is 0 Å². The van der Waals surface area contributed by atoms with E-state index in [2.05, 4.69) is 36.0 Å². The quantitative estimate of drug-likeness (QED) is 0.495. The van der Waals surface area contributed by atoms with Gasteiger partial charge in [-0.25, -0.2) is 0 Å². The highest BCUT2D eigenvalue weighted by Crippen LogP contribution is 2.69. The van der Waals surface area contributed by atoms with Crippen LogP contribution >= 0.6 is 0 Å². The largest absolute Gasteiger partial charge is 0.329 e. The second-order valence-corrected chi connectivity index (χ2v) is 13.3. The van der Waals surface area contributed by atoms with Gasteiger partial charge in [-0.15, -0.1) is 10.2 Å². The SMILES string of the molecule is CC[C@H]1CC2C3CCC(CCCc4nnc(C5CC5)[nH]4)C3(C)CC[C@@H]2C2(C)CCCCC12. The number of nitrogens with one attached hydrogen (secondary N) is 1. The Kier molecular flexibility index (Phi) is 5.50. The minimum Gasteiger partial charge on any atom is -0.329 e. The molecule has 6 unspecified atom stereocenters. The van der Waals surface area contributed by atoms with Crippen LogP contribution in [0.4, 0.5) is 0 Å². The average molecular weight is 438 g/mol. The summed E-state index contributed by atoms with van der Waals surface area (Å²) in [6.45, 7) is 7.97. The van der Waals surface area contributed by atoms with Gasteiger partial charge in [-0.1, -0.05) is 40.0 Å². The van der Waals surface area contributed by atoms with E-state index in [0.717, 1.165) is 53.6 Å². The van der Waals surface area contributed by atoms with E-state index in [4.69, 9.17) is 0 Å². The Balaban J connectivity index is 1.13. The lowest BCUT2D eigenvalue weighted by Gasteiger charge is -2.62. The highest BCUT2D eigenvalue weighted by atomic mass is 15.2. The van der Waals surface area contributed by atoms with Crippen LogP contribution in [-0.2, 0) is 6.42 Å². The molecule has 6 rings (SSSR count). The van der Waals surface area contributed by atoms with Gasteiger partial charge in [0.15, 0.2) is 0 Å². The molecule has 32 heavy (non-hydrogen) atoms. The molecule has 0 spiro atoms. The molecule has 0 amide bonds. The maximum atomic E-state index is 4.45. The zero-order valence-corrected chi connectivity index (χ0v) is 21.0. The molecule has 0 aromatic carbocycles. The van der Waals surface area contributed by atoms with Crippen molar-refractivity contribution in [2.75, 3.05) is 0 Å². The first kappa shape index (κ1) is 21.7. The van der Waals surface area contributed by atoms with E-state index in [1.165, 1.54) is 83.5 Å². The standard InChI is InChI=1S/C29H47N3/c1-4-19-18-22-24-14-13-21(8-7-10-26-30-27(32-31-26)20-11-12-20)28(24,2)17-15-25(22)29(3)16-6-5-9-23(19)29/h19-25H,4-18H2,1-3H3,(H,30,31,32)/t19-,21?,22?,23?,24?,25-,28?,29?/m0/s1. The van der Waals surface area contributed by atoms with Gasteiger partial charge in [0, 0.05) is 12.3 Å². The number of aromatic nitrogens is 3. The normalized spacial score (nSPS) is 45.8. The molecule has 0 bridgehead atoms. The van der Waals surface area contributed by atoms with Gasteiger partial charge in [0.25, 0.3) is 0 Å². The first-order valence-electron chi connectivity index (χ1n) is 14.4. The van der Waals surface area contributed by atoms with Crippen LogP contribution in [0, 0.1) is 46.3 Å². The van der Waals surface area contributed by atoms with Crippen molar-refractivity contribution >= 4 is 0 Å². The van der Waals surface area contributed by atoms with Crippen LogP contribution in [0.15, 0.2) is 0 Å². The van der Waals surface area contributed by atoms with Gasteiger partial charge in [-0.3, -0.25) is 0 Å². The molecule has 1 heterocycles. The fourth-order valence-electron chi connectivity index (χ4n) is 10.1. The van der Waals surface area contributed by atoms with E-state index < -0.39 is 0 Å². The highest BCUT2D eigenvalue weighted by molar-refractivity contribution is 5.10. The molecule has 5 fully saturated rings. The van der Waals surface area contributed by atoms with Crippen molar-refractivity contribution in [3.8, 4) is 0 Å². The summed E-state index contributed by atoms with van der Waals surface area (Å²) < 4.78 is 0. The number of aromatic amines is 1. The summed E-state index contributed by atoms with van der Waals surface area (Å²) in [5, 5.41) is 8.85. The molecule has 1 aromatic rings. The Morgan fingerprint density at radius 1 is 0.875 bits per heavy atom. The van der Waals surface area contributed by atoms with Crippen molar-refractivity contribution in [3.05, 3.63) is 11.6 Å². The van der Waals surface area contributed by atoms with E-state index >= 15 is 0 Å². The third-order valence-electron chi connectivity index (χ3n) is 12.0. The average Bonchev–Trinajstić information content (AvgIpc) is 3.44. The molecule has 0 radical (unpaired) electrons. The highest BCUT2D eigenvalue weighted by Gasteiger charge is 2.60. The fraction of sp³-hybridized carbons (Fsp3) is 0.931. The fourth-order valence-corrected chi connectivity index (χ4v) is 10.1. The number of hydrogen-bond donors (Lipinski definition) is 1. The van der Waals surface area contributed by atoms with Gasteiger partial charge in [-0.2, -0.15) is 0 Å². The summed E-state index contributed by atoms with van der Waals surface area (Å²) in [6.07, 6.45) is 21.5. The molecule has 3 heteroatoms. The predicted octanol–water partition coefficient (Wildman–Crippen LogP) is 7.69. The summed E-state index contributed by atoms with van der Waals surface area (Å²) in [6, 6.07) is 0. The van der Waals surface area contributed by atoms with Crippen LogP contribution in [0.3, 0.4) is 0 Å². The van der Waals surface area contributed by atoms with Crippen molar-refractivity contribution < 1.29 is 0 Å². The molecular weight excluding hydrogens is 390 g/mol. The molecule has 0 aliphatic heterocycles. The lowest BCUT2D eigenvalue weighted by atomic mass is 9.42. The molecule has 5 aliphatic rings. The molecule has 5 saturated carbocycles. The van der Waals surface area contributed by atoms with Crippen LogP contribution in [0.25, 0.3) is 0 Å². The molecule has 1 aromatic heterocycles. The van der Waals surface area contributed by atoms with Gasteiger partial charge in [0.1, 0.15) is 11.6 Å². The lowest BCUT2D eigenvalue weighted by Crippen LogP contribution is -2.55. The van der Waals surface area contributed by atoms with E-state index in [9.17, 15) is 0 Å². The number of fused-ring (bicyclic) bond motifs is 5. The molecule has 0 saturated heterocycles. The molecule has 8 atom stereocenters. The van der Waals surface area contributed by atoms with E-state index in [1.54, 1.807) is 6.42 Å². The van der Waals surface area contributed by atoms with Crippen molar-refractivity contribution in [1.82, 2.24) is 15.2 Å². The number of rotatable bonds is 6. The number of H-pyrrole nitrogens is 1. The third kappa shape index (κ3) is 3.42. The second-order valence-electron chi connectivity index (χ2n) is 13.3.